The SMILES string of the molecule is CC(C)CNCC(C)(CCc1cccs1)C1CC1. The van der Waals surface area contributed by atoms with Crippen molar-refractivity contribution in [3.05, 3.63) is 22.4 Å². The number of hydrogen-bond donors (Lipinski definition) is 1. The Labute approximate surface area is 116 Å². The molecule has 1 unspecified atom stereocenters. The van der Waals surface area contributed by atoms with Crippen molar-refractivity contribution in [1.29, 1.82) is 0 Å². The first kappa shape index (κ1) is 14.1. The molecule has 0 saturated heterocycles. The first-order chi connectivity index (χ1) is 8.60. The van der Waals surface area contributed by atoms with Gasteiger partial charge in [0.25, 0.3) is 0 Å². The second-order valence-corrected chi connectivity index (χ2v) is 7.56. The van der Waals surface area contributed by atoms with Crippen LogP contribution in [0.2, 0.25) is 0 Å². The van der Waals surface area contributed by atoms with Gasteiger partial charge in [-0.2, -0.15) is 0 Å². The van der Waals surface area contributed by atoms with Gasteiger partial charge < -0.3 is 5.32 Å². The Morgan fingerprint density at radius 2 is 2.22 bits per heavy atom. The molecule has 2 heteroatoms. The molecule has 0 aliphatic heterocycles. The fourth-order valence-corrected chi connectivity index (χ4v) is 3.44. The zero-order valence-corrected chi connectivity index (χ0v) is 12.9. The summed E-state index contributed by atoms with van der Waals surface area (Å²) < 4.78 is 0. The fraction of sp³-hybridized carbons (Fsp3) is 0.750. The quantitative estimate of drug-likeness (QED) is 0.737. The van der Waals surface area contributed by atoms with Gasteiger partial charge in [0.05, 0.1) is 0 Å². The van der Waals surface area contributed by atoms with Gasteiger partial charge in [-0.1, -0.05) is 26.8 Å². The molecule has 102 valence electrons. The zero-order valence-electron chi connectivity index (χ0n) is 12.0. The molecule has 0 radical (unpaired) electrons. The number of nitrogens with one attached hydrogen (secondary N) is 1. The topological polar surface area (TPSA) is 12.0 Å². The first-order valence-electron chi connectivity index (χ1n) is 7.33. The summed E-state index contributed by atoms with van der Waals surface area (Å²) in [6, 6.07) is 4.45. The van der Waals surface area contributed by atoms with E-state index in [1.807, 2.05) is 11.3 Å². The van der Waals surface area contributed by atoms with E-state index in [4.69, 9.17) is 0 Å². The largest absolute Gasteiger partial charge is 0.316 e. The molecule has 1 aromatic rings. The van der Waals surface area contributed by atoms with Crippen molar-refractivity contribution >= 4 is 11.3 Å². The van der Waals surface area contributed by atoms with Gasteiger partial charge in [-0.3, -0.25) is 0 Å². The minimum Gasteiger partial charge on any atom is -0.316 e. The van der Waals surface area contributed by atoms with Crippen molar-refractivity contribution in [3.63, 3.8) is 0 Å². The van der Waals surface area contributed by atoms with Gasteiger partial charge >= 0.3 is 0 Å². The molecule has 1 aliphatic carbocycles. The summed E-state index contributed by atoms with van der Waals surface area (Å²) in [6.07, 6.45) is 5.49. The second-order valence-electron chi connectivity index (χ2n) is 6.53. The predicted octanol–water partition coefficient (Wildman–Crippen LogP) is 4.34. The highest BCUT2D eigenvalue weighted by Gasteiger charge is 2.40. The highest BCUT2D eigenvalue weighted by molar-refractivity contribution is 7.09. The van der Waals surface area contributed by atoms with Crippen molar-refractivity contribution in [2.24, 2.45) is 17.3 Å². The lowest BCUT2D eigenvalue weighted by Gasteiger charge is -2.30. The van der Waals surface area contributed by atoms with E-state index in [-0.39, 0.29) is 0 Å². The van der Waals surface area contributed by atoms with E-state index in [0.29, 0.717) is 5.41 Å². The van der Waals surface area contributed by atoms with E-state index in [2.05, 4.69) is 43.6 Å². The van der Waals surface area contributed by atoms with Gasteiger partial charge in [0.2, 0.25) is 0 Å². The van der Waals surface area contributed by atoms with Crippen molar-refractivity contribution in [2.45, 2.75) is 46.5 Å². The summed E-state index contributed by atoms with van der Waals surface area (Å²) in [4.78, 5) is 1.55. The van der Waals surface area contributed by atoms with Crippen LogP contribution in [0.15, 0.2) is 17.5 Å². The van der Waals surface area contributed by atoms with Crippen LogP contribution >= 0.6 is 11.3 Å². The summed E-state index contributed by atoms with van der Waals surface area (Å²) in [5, 5.41) is 5.88. The molecular weight excluding hydrogens is 238 g/mol. The van der Waals surface area contributed by atoms with Crippen LogP contribution in [0.25, 0.3) is 0 Å². The molecule has 1 heterocycles. The number of hydrogen-bond acceptors (Lipinski definition) is 2. The smallest absolute Gasteiger partial charge is 0.00454 e. The van der Waals surface area contributed by atoms with Crippen LogP contribution in [0.5, 0.6) is 0 Å². The highest BCUT2D eigenvalue weighted by atomic mass is 32.1. The molecule has 1 atom stereocenters. The molecule has 0 aromatic carbocycles. The summed E-state index contributed by atoms with van der Waals surface area (Å²) in [5.74, 6) is 1.72. The monoisotopic (exact) mass is 265 g/mol. The van der Waals surface area contributed by atoms with Crippen molar-refractivity contribution in [3.8, 4) is 0 Å². The molecule has 1 fully saturated rings. The van der Waals surface area contributed by atoms with E-state index in [1.165, 1.54) is 32.2 Å². The van der Waals surface area contributed by atoms with E-state index in [1.54, 1.807) is 4.88 Å². The Kier molecular flexibility index (Phi) is 4.85. The molecule has 1 aliphatic rings. The van der Waals surface area contributed by atoms with Crippen LogP contribution < -0.4 is 5.32 Å². The molecule has 1 saturated carbocycles. The normalized spacial score (nSPS) is 19.1. The maximum Gasteiger partial charge on any atom is 0.00454 e. The Hall–Kier alpha value is -0.340. The van der Waals surface area contributed by atoms with Crippen LogP contribution in [-0.4, -0.2) is 13.1 Å². The lowest BCUT2D eigenvalue weighted by molar-refractivity contribution is 0.234. The molecule has 1 N–H and O–H groups in total. The lowest BCUT2D eigenvalue weighted by atomic mass is 9.80. The van der Waals surface area contributed by atoms with E-state index < -0.39 is 0 Å². The van der Waals surface area contributed by atoms with Gasteiger partial charge in [0.15, 0.2) is 0 Å². The summed E-state index contributed by atoms with van der Waals surface area (Å²) in [7, 11) is 0. The third-order valence-corrected chi connectivity index (χ3v) is 5.10. The van der Waals surface area contributed by atoms with Gasteiger partial charge in [0.1, 0.15) is 0 Å². The number of thiophene rings is 1. The molecule has 1 aromatic heterocycles. The number of aryl methyl sites for hydroxylation is 1. The Morgan fingerprint density at radius 1 is 1.44 bits per heavy atom. The molecule has 0 amide bonds. The summed E-state index contributed by atoms with van der Waals surface area (Å²) >= 11 is 1.90. The minimum atomic E-state index is 0.513. The third-order valence-electron chi connectivity index (χ3n) is 4.17. The average Bonchev–Trinajstić information content (AvgIpc) is 3.05. The third kappa shape index (κ3) is 4.10. The predicted molar refractivity (Wildman–Crippen MR) is 81.2 cm³/mol. The summed E-state index contributed by atoms with van der Waals surface area (Å²) in [6.45, 7) is 9.41. The van der Waals surface area contributed by atoms with Gasteiger partial charge in [-0.25, -0.2) is 0 Å². The van der Waals surface area contributed by atoms with Crippen LogP contribution in [0.1, 0.15) is 44.9 Å². The Morgan fingerprint density at radius 3 is 2.78 bits per heavy atom. The van der Waals surface area contributed by atoms with E-state index in [0.717, 1.165) is 18.4 Å². The number of rotatable bonds is 8. The standard InChI is InChI=1S/C16H27NS/c1-13(2)11-17-12-16(3,14-6-7-14)9-8-15-5-4-10-18-15/h4-5,10,13-14,17H,6-9,11-12H2,1-3H3. The Balaban J connectivity index is 1.82. The fourth-order valence-electron chi connectivity index (χ4n) is 2.73. The maximum absolute atomic E-state index is 3.68. The van der Waals surface area contributed by atoms with Gasteiger partial charge in [-0.05, 0) is 60.9 Å². The van der Waals surface area contributed by atoms with E-state index in [9.17, 15) is 0 Å². The highest BCUT2D eigenvalue weighted by Crippen LogP contribution is 2.47. The maximum atomic E-state index is 3.68. The molecule has 18 heavy (non-hydrogen) atoms. The molecule has 1 nitrogen and oxygen atoms in total. The van der Waals surface area contributed by atoms with Crippen molar-refractivity contribution in [2.75, 3.05) is 13.1 Å². The molecular formula is C16H27NS. The van der Waals surface area contributed by atoms with E-state index >= 15 is 0 Å². The molecule has 0 spiro atoms. The van der Waals surface area contributed by atoms with Gasteiger partial charge in [0, 0.05) is 11.4 Å². The molecule has 2 rings (SSSR count). The molecule has 0 bridgehead atoms. The van der Waals surface area contributed by atoms with Crippen LogP contribution in [0.3, 0.4) is 0 Å². The Bertz CT molecular complexity index is 340. The first-order valence-corrected chi connectivity index (χ1v) is 8.21. The summed E-state index contributed by atoms with van der Waals surface area (Å²) in [5.41, 5.74) is 0.513. The lowest BCUT2D eigenvalue weighted by Crippen LogP contribution is -2.35. The minimum absolute atomic E-state index is 0.513. The van der Waals surface area contributed by atoms with Gasteiger partial charge in [-0.15, -0.1) is 11.3 Å². The van der Waals surface area contributed by atoms with Crippen molar-refractivity contribution < 1.29 is 0 Å². The van der Waals surface area contributed by atoms with Crippen LogP contribution in [0, 0.1) is 17.3 Å². The zero-order chi connectivity index (χ0) is 13.0. The van der Waals surface area contributed by atoms with Crippen LogP contribution in [0.4, 0.5) is 0 Å². The van der Waals surface area contributed by atoms with Crippen molar-refractivity contribution in [1.82, 2.24) is 5.32 Å². The second kappa shape index (κ2) is 6.21. The van der Waals surface area contributed by atoms with Crippen LogP contribution in [-0.2, 0) is 6.42 Å². The average molecular weight is 265 g/mol.